The highest BCUT2D eigenvalue weighted by Gasteiger charge is 2.34. The molecule has 22 nitrogen and oxygen atoms in total. The van der Waals surface area contributed by atoms with Gasteiger partial charge in [-0.15, -0.1) is 9.13 Å². The lowest BCUT2D eigenvalue weighted by Gasteiger charge is -2.17. The van der Waals surface area contributed by atoms with Gasteiger partial charge in [0, 0.05) is 45.4 Å². The summed E-state index contributed by atoms with van der Waals surface area (Å²) in [6.07, 6.45) is 10.9. The predicted octanol–water partition coefficient (Wildman–Crippen LogP) is 14.5. The predicted molar refractivity (Wildman–Crippen MR) is 401 cm³/mol. The monoisotopic (exact) mass is 1600 g/mol. The van der Waals surface area contributed by atoms with Gasteiger partial charge < -0.3 is 32.7 Å². The van der Waals surface area contributed by atoms with Crippen LogP contribution in [0, 0.1) is 0 Å². The standard InChI is InChI=1S/C33H26Br2N2O8S2.C33H28N2O8S2.C5H5N.C4H11N/c1-2-21(15-32-36(19-46(38,39)40)28-17-24(7-13-30(28)44-32)22-3-9-26(34)10-4-22)16-33-37(20-47(41,42)43)29-18-25(8-14-31(29)45-33)23-5-11-27(35)12-6-23;1-2-23(17-32-34(21-44(36,37)38)28-19-26(13-15-30(28)42-32)24-9-5-3-6-10-24)18-33-35(22-45(39,40)41)29-20-27(14-16-31(29)43-33)25-11-7-4-8-12-25;1-2-4-6-5-3-1;1-3-5-4-2/h3-18H,2,19-20H2,1H3,(H-,38,39,40,41,42,43);3-20H,2,21-22H2,1H3,(H-,36,37,38,39,40,41);1-5H;5H,3-4H2,1-2H3/p+1. The SMILES string of the molecule is CCC(=C/c1oc2ccc(-c3ccc(Br)cc3)cc2[n+]1CS(=O)(=O)[O-])/C=C1/Oc2ccc(-c3ccc(Br)cc3)cc2N1CS(=O)(=O)O.CCC(=C/c1oc2ccc(-c3ccccc3)cc2[n+]1CS(=O)(=O)[O-])/C=C1/Oc2ccc(-c3ccccc3)cc2N1CS(=O)(=O)O.CCNCC.c1cc[nH+]cc1. The Morgan fingerprint density at radius 2 is 0.806 bits per heavy atom. The van der Waals surface area contributed by atoms with E-state index in [4.69, 9.17) is 18.3 Å². The van der Waals surface area contributed by atoms with E-state index in [1.807, 2.05) is 178 Å². The number of hydrogen-bond donors (Lipinski definition) is 3. The first kappa shape index (κ1) is 76.2. The van der Waals surface area contributed by atoms with E-state index in [1.165, 1.54) is 18.9 Å². The fourth-order valence-corrected chi connectivity index (χ4v) is 13.9. The van der Waals surface area contributed by atoms with Crippen LogP contribution in [0.5, 0.6) is 11.5 Å². The summed E-state index contributed by atoms with van der Waals surface area (Å²) in [5.74, 6) is -2.05. The lowest BCUT2D eigenvalue weighted by molar-refractivity contribution is -0.658. The molecule has 0 saturated heterocycles. The number of ether oxygens (including phenoxy) is 2. The average Bonchev–Trinajstić information content (AvgIpc) is 1.68. The lowest BCUT2D eigenvalue weighted by atomic mass is 10.0. The summed E-state index contributed by atoms with van der Waals surface area (Å²) < 4.78 is 168. The Balaban J connectivity index is 0.000000193. The molecule has 28 heteroatoms. The molecular formula is C75H71Br2N6O16S4+. The molecule has 103 heavy (non-hydrogen) atoms. The van der Waals surface area contributed by atoms with Crippen LogP contribution in [0.3, 0.4) is 0 Å². The van der Waals surface area contributed by atoms with E-state index < -0.39 is 64.0 Å². The highest BCUT2D eigenvalue weighted by molar-refractivity contribution is 9.10. The number of H-pyrrole nitrogens is 1. The molecule has 0 amide bonds. The van der Waals surface area contributed by atoms with Gasteiger partial charge in [0.05, 0.1) is 23.5 Å². The quantitative estimate of drug-likeness (QED) is 0.0471. The van der Waals surface area contributed by atoms with Gasteiger partial charge in [-0.25, -0.2) is 21.8 Å². The number of hydrogen-bond acceptors (Lipinski definition) is 17. The largest absolute Gasteiger partial charge is 0.743 e. The minimum atomic E-state index is -4.73. The molecule has 0 atom stereocenters. The maximum Gasteiger partial charge on any atom is 0.375 e. The second kappa shape index (κ2) is 33.8. The lowest BCUT2D eigenvalue weighted by Crippen LogP contribution is -2.39. The van der Waals surface area contributed by atoms with Gasteiger partial charge in [0.15, 0.2) is 55.9 Å². The molecule has 2 aliphatic heterocycles. The van der Waals surface area contributed by atoms with Crippen molar-refractivity contribution in [3.8, 4) is 56.0 Å². The number of benzene rings is 8. The summed E-state index contributed by atoms with van der Waals surface area (Å²) in [6, 6.07) is 61.4. The number of nitrogens with zero attached hydrogens (tertiary/aromatic N) is 4. The molecule has 13 rings (SSSR count). The second-order valence-corrected chi connectivity index (χ2v) is 30.6. The number of nitrogens with one attached hydrogen (secondary N) is 2. The minimum absolute atomic E-state index is 0.0930. The Bertz CT molecular complexity index is 5420. The van der Waals surface area contributed by atoms with Gasteiger partial charge in [-0.1, -0.05) is 175 Å². The van der Waals surface area contributed by atoms with Crippen molar-refractivity contribution in [1.82, 2.24) is 5.32 Å². The summed E-state index contributed by atoms with van der Waals surface area (Å²) in [5.41, 5.74) is 10.4. The Morgan fingerprint density at radius 3 is 1.12 bits per heavy atom. The summed E-state index contributed by atoms with van der Waals surface area (Å²) >= 11 is 6.85. The Kier molecular flexibility index (Phi) is 25.0. The molecule has 3 aromatic heterocycles. The van der Waals surface area contributed by atoms with E-state index >= 15 is 0 Å². The van der Waals surface area contributed by atoms with Gasteiger partial charge >= 0.3 is 11.8 Å². The highest BCUT2D eigenvalue weighted by Crippen LogP contribution is 2.44. The van der Waals surface area contributed by atoms with Crippen LogP contribution in [-0.4, -0.2) is 76.7 Å². The highest BCUT2D eigenvalue weighted by atomic mass is 79.9. The van der Waals surface area contributed by atoms with E-state index in [0.717, 1.165) is 66.5 Å². The number of pyridine rings is 1. The van der Waals surface area contributed by atoms with Gasteiger partial charge in [0.25, 0.3) is 31.3 Å². The van der Waals surface area contributed by atoms with Gasteiger partial charge in [0.1, 0.15) is 0 Å². The van der Waals surface area contributed by atoms with Gasteiger partial charge in [-0.3, -0.25) is 18.9 Å². The molecule has 4 N–H and O–H groups in total. The fraction of sp³-hybridized carbons (Fsp3) is 0.160. The number of allylic oxidation sites excluding steroid dienone is 4. The third kappa shape index (κ3) is 20.9. The van der Waals surface area contributed by atoms with E-state index in [1.54, 1.807) is 72.8 Å². The number of aromatic nitrogens is 3. The first-order valence-electron chi connectivity index (χ1n) is 32.1. The number of anilines is 2. The molecule has 0 aliphatic carbocycles. The van der Waals surface area contributed by atoms with Gasteiger partial charge in [-0.05, 0) is 142 Å². The van der Waals surface area contributed by atoms with Crippen molar-refractivity contribution >= 4 is 118 Å². The zero-order valence-corrected chi connectivity index (χ0v) is 62.4. The first-order chi connectivity index (χ1) is 49.1. The van der Waals surface area contributed by atoms with Crippen molar-refractivity contribution in [3.63, 3.8) is 0 Å². The number of oxazole rings is 2. The molecule has 2 aliphatic rings. The first-order valence-corrected chi connectivity index (χ1v) is 40.1. The van der Waals surface area contributed by atoms with E-state index in [9.17, 15) is 51.9 Å². The smallest absolute Gasteiger partial charge is 0.375 e. The summed E-state index contributed by atoms with van der Waals surface area (Å²) in [7, 11) is -18.4. The normalized spacial score (nSPS) is 13.9. The maximum absolute atomic E-state index is 12.1. The Morgan fingerprint density at radius 1 is 0.466 bits per heavy atom. The molecule has 5 heterocycles. The van der Waals surface area contributed by atoms with Crippen molar-refractivity contribution in [2.24, 2.45) is 0 Å². The fourth-order valence-electron chi connectivity index (χ4n) is 11.0. The van der Waals surface area contributed by atoms with Gasteiger partial charge in [-0.2, -0.15) is 16.8 Å². The molecule has 0 saturated carbocycles. The van der Waals surface area contributed by atoms with Crippen LogP contribution in [0.1, 0.15) is 52.3 Å². The van der Waals surface area contributed by atoms with Crippen LogP contribution in [0.25, 0.3) is 78.9 Å². The summed E-state index contributed by atoms with van der Waals surface area (Å²) in [5, 5.41) is 3.11. The Hall–Kier alpha value is -9.43. The number of rotatable bonds is 20. The molecule has 0 bridgehead atoms. The second-order valence-electron chi connectivity index (χ2n) is 23.2. The zero-order valence-electron chi connectivity index (χ0n) is 56.0. The molecule has 534 valence electrons. The zero-order chi connectivity index (χ0) is 73.6. The molecule has 0 fully saturated rings. The average molecular weight is 1600 g/mol. The molecule has 11 aromatic rings. The van der Waals surface area contributed by atoms with Crippen molar-refractivity contribution < 1.29 is 84.3 Å². The number of halogens is 2. The van der Waals surface area contributed by atoms with Crippen molar-refractivity contribution in [2.45, 2.75) is 52.3 Å². The maximum atomic E-state index is 12.1. The van der Waals surface area contributed by atoms with Crippen molar-refractivity contribution in [2.75, 3.05) is 34.6 Å². The van der Waals surface area contributed by atoms with E-state index in [2.05, 4.69) is 56.0 Å². The third-order valence-electron chi connectivity index (χ3n) is 15.8. The Labute approximate surface area is 614 Å². The molecular weight excluding hydrogens is 1530 g/mol. The van der Waals surface area contributed by atoms with Crippen LogP contribution in [-0.2, 0) is 52.2 Å². The van der Waals surface area contributed by atoms with Crippen LogP contribution >= 0.6 is 31.9 Å². The minimum Gasteiger partial charge on any atom is -0.743 e. The summed E-state index contributed by atoms with van der Waals surface area (Å²) in [6.45, 7) is 10.1. The number of fused-ring (bicyclic) bond motifs is 4. The number of aromatic amines is 1. The van der Waals surface area contributed by atoms with Crippen LogP contribution in [0.4, 0.5) is 11.4 Å². The molecule has 0 radical (unpaired) electrons. The van der Waals surface area contributed by atoms with Crippen molar-refractivity contribution in [3.05, 3.63) is 268 Å². The van der Waals surface area contributed by atoms with Gasteiger partial charge in [0.2, 0.25) is 34.7 Å². The van der Waals surface area contributed by atoms with Crippen LogP contribution < -0.4 is 38.7 Å². The topological polar surface area (TPSA) is 308 Å². The molecule has 0 unspecified atom stereocenters. The molecule has 0 spiro atoms. The molecule has 8 aromatic carbocycles. The van der Waals surface area contributed by atoms with Crippen LogP contribution in [0.2, 0.25) is 0 Å². The summed E-state index contributed by atoms with van der Waals surface area (Å²) in [4.78, 5) is 5.58. The van der Waals surface area contributed by atoms with Crippen LogP contribution in [0.15, 0.2) is 265 Å². The van der Waals surface area contributed by atoms with E-state index in [0.29, 0.717) is 69.1 Å². The van der Waals surface area contributed by atoms with E-state index in [-0.39, 0.29) is 23.5 Å². The van der Waals surface area contributed by atoms with Crippen molar-refractivity contribution in [1.29, 1.82) is 0 Å². The third-order valence-corrected chi connectivity index (χ3v) is 19.2.